The van der Waals surface area contributed by atoms with Gasteiger partial charge in [0.15, 0.2) is 5.75 Å². The predicted octanol–water partition coefficient (Wildman–Crippen LogP) is 4.83. The monoisotopic (exact) mass is 352 g/mol. The molecule has 0 aliphatic carbocycles. The molecule has 0 bridgehead atoms. The van der Waals surface area contributed by atoms with Gasteiger partial charge in [0.25, 0.3) is 0 Å². The van der Waals surface area contributed by atoms with Gasteiger partial charge in [0.2, 0.25) is 0 Å². The summed E-state index contributed by atoms with van der Waals surface area (Å²) >= 11 is 6.26. The predicted molar refractivity (Wildman–Crippen MR) is 98.1 cm³/mol. The Labute approximate surface area is 148 Å². The van der Waals surface area contributed by atoms with E-state index >= 15 is 0 Å². The Kier molecular flexibility index (Phi) is 4.55. The van der Waals surface area contributed by atoms with Crippen LogP contribution in [0.5, 0.6) is 11.5 Å². The van der Waals surface area contributed by atoms with E-state index < -0.39 is 11.9 Å². The second kappa shape index (κ2) is 6.79. The molecule has 3 aromatic carbocycles. The number of carbonyl (C=O) groups excluding carboxylic acids is 2. The molecule has 0 spiro atoms. The van der Waals surface area contributed by atoms with Crippen LogP contribution in [0.3, 0.4) is 0 Å². The van der Waals surface area contributed by atoms with Crippen molar-refractivity contribution in [2.75, 3.05) is 0 Å². The van der Waals surface area contributed by atoms with Crippen molar-refractivity contribution in [3.8, 4) is 11.5 Å². The number of esters is 2. The van der Waals surface area contributed by atoms with Crippen LogP contribution in [0.15, 0.2) is 67.8 Å². The summed E-state index contributed by atoms with van der Waals surface area (Å²) < 4.78 is 10.6. The lowest BCUT2D eigenvalue weighted by molar-refractivity contribution is -0.129. The van der Waals surface area contributed by atoms with Crippen LogP contribution in [0, 0.1) is 0 Å². The Morgan fingerprint density at radius 1 is 0.880 bits per heavy atom. The summed E-state index contributed by atoms with van der Waals surface area (Å²) in [6, 6.07) is 12.8. The smallest absolute Gasteiger partial charge is 0.335 e. The van der Waals surface area contributed by atoms with Crippen LogP contribution < -0.4 is 9.47 Å². The molecule has 0 N–H and O–H groups in total. The topological polar surface area (TPSA) is 52.6 Å². The van der Waals surface area contributed by atoms with E-state index in [0.29, 0.717) is 10.8 Å². The average Bonchev–Trinajstić information content (AvgIpc) is 2.63. The third-order valence-corrected chi connectivity index (χ3v) is 3.90. The van der Waals surface area contributed by atoms with Crippen LogP contribution in [0.25, 0.3) is 21.5 Å². The molecule has 3 rings (SSSR count). The van der Waals surface area contributed by atoms with Gasteiger partial charge in [-0.05, 0) is 22.9 Å². The molecule has 25 heavy (non-hydrogen) atoms. The molecule has 4 nitrogen and oxygen atoms in total. The van der Waals surface area contributed by atoms with Crippen LogP contribution in [0.2, 0.25) is 5.02 Å². The number of halogens is 1. The summed E-state index contributed by atoms with van der Waals surface area (Å²) in [6.07, 6.45) is 2.11. The number of hydrogen-bond acceptors (Lipinski definition) is 4. The fourth-order valence-electron chi connectivity index (χ4n) is 2.50. The van der Waals surface area contributed by atoms with E-state index in [1.165, 1.54) is 6.07 Å². The van der Waals surface area contributed by atoms with Crippen molar-refractivity contribution in [3.63, 3.8) is 0 Å². The first-order valence-electron chi connectivity index (χ1n) is 7.37. The van der Waals surface area contributed by atoms with Crippen LogP contribution in [-0.4, -0.2) is 11.9 Å². The van der Waals surface area contributed by atoms with E-state index in [1.54, 1.807) is 0 Å². The van der Waals surface area contributed by atoms with E-state index in [9.17, 15) is 9.59 Å². The Hall–Kier alpha value is -3.11. The minimum atomic E-state index is -0.632. The van der Waals surface area contributed by atoms with Gasteiger partial charge < -0.3 is 9.47 Å². The first kappa shape index (κ1) is 16.7. The SMILES string of the molecule is C=CC(=O)Oc1cc(Cl)c(OC(=O)C=C)c2cc3ccccc3cc12. The molecule has 0 aromatic heterocycles. The molecule has 0 saturated carbocycles. The van der Waals surface area contributed by atoms with Crippen LogP contribution in [0.1, 0.15) is 0 Å². The molecule has 0 amide bonds. The number of carbonyl (C=O) groups is 2. The number of fused-ring (bicyclic) bond motifs is 2. The van der Waals surface area contributed by atoms with Crippen molar-refractivity contribution in [1.82, 2.24) is 0 Å². The standard InChI is InChI=1S/C20H13ClO4/c1-3-18(22)24-17-11-16(21)20(25-19(23)4-2)15-10-13-8-6-5-7-12(13)9-14(15)17/h3-11H,1-2H2. The maximum Gasteiger partial charge on any atom is 0.335 e. The zero-order valence-corrected chi connectivity index (χ0v) is 13.9. The zero-order valence-electron chi connectivity index (χ0n) is 13.1. The van der Waals surface area contributed by atoms with Crippen molar-refractivity contribution in [2.45, 2.75) is 0 Å². The highest BCUT2D eigenvalue weighted by Crippen LogP contribution is 2.41. The van der Waals surface area contributed by atoms with Gasteiger partial charge >= 0.3 is 11.9 Å². The molecule has 0 unspecified atom stereocenters. The molecule has 0 aliphatic heterocycles. The van der Waals surface area contributed by atoms with Crippen LogP contribution in [0.4, 0.5) is 0 Å². The highest BCUT2D eigenvalue weighted by atomic mass is 35.5. The first-order chi connectivity index (χ1) is 12.0. The molecule has 0 atom stereocenters. The average molecular weight is 353 g/mol. The summed E-state index contributed by atoms with van der Waals surface area (Å²) in [7, 11) is 0. The fourth-order valence-corrected chi connectivity index (χ4v) is 2.74. The van der Waals surface area contributed by atoms with Crippen molar-refractivity contribution in [2.24, 2.45) is 0 Å². The molecule has 0 saturated heterocycles. The van der Waals surface area contributed by atoms with Gasteiger partial charge in [-0.2, -0.15) is 0 Å². The van der Waals surface area contributed by atoms with Crippen molar-refractivity contribution in [1.29, 1.82) is 0 Å². The second-order valence-electron chi connectivity index (χ2n) is 5.18. The lowest BCUT2D eigenvalue weighted by atomic mass is 10.0. The molecular formula is C20H13ClO4. The van der Waals surface area contributed by atoms with Gasteiger partial charge in [-0.3, -0.25) is 0 Å². The highest BCUT2D eigenvalue weighted by Gasteiger charge is 2.17. The molecular weight excluding hydrogens is 340 g/mol. The van der Waals surface area contributed by atoms with Crippen molar-refractivity contribution >= 4 is 45.1 Å². The van der Waals surface area contributed by atoms with Gasteiger partial charge in [0.05, 0.1) is 5.02 Å². The minimum Gasteiger partial charge on any atom is -0.423 e. The number of benzene rings is 3. The number of hydrogen-bond donors (Lipinski definition) is 0. The maximum atomic E-state index is 11.7. The Morgan fingerprint density at radius 3 is 2.04 bits per heavy atom. The maximum absolute atomic E-state index is 11.7. The normalized spacial score (nSPS) is 10.4. The minimum absolute atomic E-state index is 0.143. The van der Waals surface area contributed by atoms with Crippen molar-refractivity contribution in [3.05, 3.63) is 72.8 Å². The third-order valence-electron chi connectivity index (χ3n) is 3.62. The van der Waals surface area contributed by atoms with E-state index in [4.69, 9.17) is 21.1 Å². The quantitative estimate of drug-likeness (QED) is 0.292. The molecule has 124 valence electrons. The van der Waals surface area contributed by atoms with E-state index in [2.05, 4.69) is 13.2 Å². The molecule has 0 fully saturated rings. The van der Waals surface area contributed by atoms with Crippen LogP contribution in [-0.2, 0) is 9.59 Å². The fraction of sp³-hybridized carbons (Fsp3) is 0. The lowest BCUT2D eigenvalue weighted by Gasteiger charge is -2.13. The molecule has 0 radical (unpaired) electrons. The first-order valence-corrected chi connectivity index (χ1v) is 7.74. The van der Waals surface area contributed by atoms with Gasteiger partial charge in [-0.1, -0.05) is 49.0 Å². The molecule has 0 aliphatic rings. The molecule has 3 aromatic rings. The Bertz CT molecular complexity index is 1040. The highest BCUT2D eigenvalue weighted by molar-refractivity contribution is 6.34. The van der Waals surface area contributed by atoms with Gasteiger partial charge in [-0.25, -0.2) is 9.59 Å². The second-order valence-corrected chi connectivity index (χ2v) is 5.59. The molecule has 5 heteroatoms. The van der Waals surface area contributed by atoms with E-state index in [1.807, 2.05) is 36.4 Å². The summed E-state index contributed by atoms with van der Waals surface area (Å²) in [4.78, 5) is 23.3. The number of ether oxygens (including phenoxy) is 2. The molecule has 0 heterocycles. The summed E-state index contributed by atoms with van der Waals surface area (Å²) in [5.41, 5.74) is 0. The van der Waals surface area contributed by atoms with E-state index in [-0.39, 0.29) is 16.5 Å². The van der Waals surface area contributed by atoms with Crippen molar-refractivity contribution < 1.29 is 19.1 Å². The van der Waals surface area contributed by atoms with Gasteiger partial charge in [0, 0.05) is 29.0 Å². The van der Waals surface area contributed by atoms with Gasteiger partial charge in [0.1, 0.15) is 5.75 Å². The third kappa shape index (κ3) is 3.25. The van der Waals surface area contributed by atoms with E-state index in [0.717, 1.165) is 22.9 Å². The number of rotatable bonds is 4. The van der Waals surface area contributed by atoms with Crippen LogP contribution >= 0.6 is 11.6 Å². The van der Waals surface area contributed by atoms with Gasteiger partial charge in [-0.15, -0.1) is 0 Å². The summed E-state index contributed by atoms with van der Waals surface area (Å²) in [5.74, 6) is -0.798. The largest absolute Gasteiger partial charge is 0.423 e. The lowest BCUT2D eigenvalue weighted by Crippen LogP contribution is -2.06. The summed E-state index contributed by atoms with van der Waals surface area (Å²) in [6.45, 7) is 6.78. The Balaban J connectivity index is 2.34. The zero-order chi connectivity index (χ0) is 18.0. The summed E-state index contributed by atoms with van der Waals surface area (Å²) in [5, 5.41) is 3.15. The Morgan fingerprint density at radius 2 is 1.44 bits per heavy atom.